The molecule has 2 aliphatic rings. The Labute approximate surface area is 157 Å². The molecule has 0 bridgehead atoms. The number of piperidine rings is 1. The number of nitrogens with zero attached hydrogens (tertiary/aromatic N) is 2. The predicted octanol–water partition coefficient (Wildman–Crippen LogP) is 2.49. The summed E-state index contributed by atoms with van der Waals surface area (Å²) >= 11 is 0. The molecule has 1 aromatic carbocycles. The van der Waals surface area contributed by atoms with Gasteiger partial charge in [0, 0.05) is 19.1 Å². The van der Waals surface area contributed by atoms with Crippen molar-refractivity contribution in [3.8, 4) is 0 Å². The van der Waals surface area contributed by atoms with Crippen molar-refractivity contribution >= 4 is 30.7 Å². The first-order valence-corrected chi connectivity index (χ1v) is 8.56. The van der Waals surface area contributed by atoms with Gasteiger partial charge in [-0.15, -0.1) is 24.8 Å². The Morgan fingerprint density at radius 1 is 1.08 bits per heavy atom. The lowest BCUT2D eigenvalue weighted by Crippen LogP contribution is -2.53. The Balaban J connectivity index is 0.00000144. The van der Waals surface area contributed by atoms with E-state index in [1.807, 2.05) is 35.2 Å². The molecule has 6 heteroatoms. The highest BCUT2D eigenvalue weighted by molar-refractivity contribution is 5.85. The number of amides is 1. The van der Waals surface area contributed by atoms with E-state index in [9.17, 15) is 4.79 Å². The summed E-state index contributed by atoms with van der Waals surface area (Å²) in [7, 11) is 0. The first kappa shape index (κ1) is 21.2. The molecule has 0 radical (unpaired) electrons. The zero-order valence-electron chi connectivity index (χ0n) is 14.1. The van der Waals surface area contributed by atoms with Crippen LogP contribution in [-0.2, 0) is 11.2 Å². The summed E-state index contributed by atoms with van der Waals surface area (Å²) in [5.74, 6) is 0.118. The molecule has 1 amide bonds. The third-order valence-electron chi connectivity index (χ3n) is 4.98. The number of nitrogens with two attached hydrogens (primary N) is 1. The summed E-state index contributed by atoms with van der Waals surface area (Å²) in [6.45, 7) is 4.12. The van der Waals surface area contributed by atoms with Crippen LogP contribution in [0.5, 0.6) is 0 Å². The first-order chi connectivity index (χ1) is 10.7. The van der Waals surface area contributed by atoms with E-state index in [2.05, 4.69) is 4.90 Å². The van der Waals surface area contributed by atoms with Crippen LogP contribution in [-0.4, -0.2) is 54.0 Å². The van der Waals surface area contributed by atoms with Crippen LogP contribution in [0.25, 0.3) is 0 Å². The Morgan fingerprint density at radius 3 is 2.42 bits per heavy atom. The molecule has 2 fully saturated rings. The van der Waals surface area contributed by atoms with Crippen LogP contribution in [0.1, 0.15) is 31.2 Å². The fourth-order valence-corrected chi connectivity index (χ4v) is 3.75. The highest BCUT2D eigenvalue weighted by Crippen LogP contribution is 2.21. The van der Waals surface area contributed by atoms with Gasteiger partial charge in [0.05, 0.1) is 6.04 Å². The summed E-state index contributed by atoms with van der Waals surface area (Å²) in [5.41, 5.74) is 7.31. The number of hydrogen-bond acceptors (Lipinski definition) is 3. The van der Waals surface area contributed by atoms with E-state index in [1.165, 1.54) is 32.4 Å². The largest absolute Gasteiger partial charge is 0.340 e. The highest BCUT2D eigenvalue weighted by atomic mass is 35.5. The van der Waals surface area contributed by atoms with Gasteiger partial charge in [-0.05, 0) is 50.8 Å². The first-order valence-electron chi connectivity index (χ1n) is 8.56. The lowest BCUT2D eigenvalue weighted by Gasteiger charge is -2.38. The fraction of sp³-hybridized carbons (Fsp3) is 0.611. The molecule has 136 valence electrons. The van der Waals surface area contributed by atoms with Gasteiger partial charge in [-0.2, -0.15) is 0 Å². The van der Waals surface area contributed by atoms with Crippen molar-refractivity contribution in [3.63, 3.8) is 0 Å². The van der Waals surface area contributed by atoms with Crippen LogP contribution in [0.3, 0.4) is 0 Å². The van der Waals surface area contributed by atoms with Crippen molar-refractivity contribution in [2.75, 3.05) is 26.2 Å². The molecule has 0 aromatic heterocycles. The maximum atomic E-state index is 12.6. The summed E-state index contributed by atoms with van der Waals surface area (Å²) in [6, 6.07) is 10.2. The van der Waals surface area contributed by atoms with Gasteiger partial charge < -0.3 is 10.6 Å². The van der Waals surface area contributed by atoms with Crippen LogP contribution in [0.4, 0.5) is 0 Å². The van der Waals surface area contributed by atoms with Gasteiger partial charge in [-0.1, -0.05) is 30.3 Å². The minimum atomic E-state index is -0.417. The van der Waals surface area contributed by atoms with Crippen molar-refractivity contribution in [3.05, 3.63) is 35.9 Å². The molecule has 24 heavy (non-hydrogen) atoms. The van der Waals surface area contributed by atoms with Crippen molar-refractivity contribution < 1.29 is 4.79 Å². The summed E-state index contributed by atoms with van der Waals surface area (Å²) < 4.78 is 0. The van der Waals surface area contributed by atoms with E-state index in [1.54, 1.807) is 0 Å². The predicted molar refractivity (Wildman–Crippen MR) is 103 cm³/mol. The second-order valence-electron chi connectivity index (χ2n) is 6.62. The number of hydrogen-bond donors (Lipinski definition) is 1. The lowest BCUT2D eigenvalue weighted by atomic mass is 10.0. The van der Waals surface area contributed by atoms with E-state index in [-0.39, 0.29) is 30.7 Å². The topological polar surface area (TPSA) is 49.6 Å². The zero-order valence-corrected chi connectivity index (χ0v) is 15.7. The Kier molecular flexibility index (Phi) is 9.06. The van der Waals surface area contributed by atoms with Gasteiger partial charge in [0.1, 0.15) is 0 Å². The monoisotopic (exact) mass is 373 g/mol. The minimum Gasteiger partial charge on any atom is -0.340 e. The molecule has 0 saturated carbocycles. The Bertz CT molecular complexity index is 494. The third kappa shape index (κ3) is 5.35. The normalized spacial score (nSPS) is 22.4. The summed E-state index contributed by atoms with van der Waals surface area (Å²) in [5, 5.41) is 0. The Morgan fingerprint density at radius 2 is 1.75 bits per heavy atom. The van der Waals surface area contributed by atoms with Crippen molar-refractivity contribution in [1.82, 2.24) is 9.80 Å². The van der Waals surface area contributed by atoms with Gasteiger partial charge in [0.2, 0.25) is 5.91 Å². The molecule has 4 nitrogen and oxygen atoms in total. The summed E-state index contributed by atoms with van der Waals surface area (Å²) in [4.78, 5) is 17.2. The fourth-order valence-electron chi connectivity index (χ4n) is 3.75. The van der Waals surface area contributed by atoms with Crippen LogP contribution in [0.15, 0.2) is 30.3 Å². The molecule has 0 spiro atoms. The van der Waals surface area contributed by atoms with Gasteiger partial charge in [-0.25, -0.2) is 0 Å². The second-order valence-corrected chi connectivity index (χ2v) is 6.62. The average molecular weight is 374 g/mol. The third-order valence-corrected chi connectivity index (χ3v) is 4.98. The molecule has 2 N–H and O–H groups in total. The van der Waals surface area contributed by atoms with E-state index in [4.69, 9.17) is 5.73 Å². The van der Waals surface area contributed by atoms with Gasteiger partial charge in [-0.3, -0.25) is 9.69 Å². The van der Waals surface area contributed by atoms with E-state index in [0.29, 0.717) is 12.5 Å². The van der Waals surface area contributed by atoms with Crippen molar-refractivity contribution in [1.29, 1.82) is 0 Å². The molecule has 3 rings (SSSR count). The molecule has 0 aliphatic carbocycles. The zero-order chi connectivity index (χ0) is 15.4. The van der Waals surface area contributed by atoms with Crippen molar-refractivity contribution in [2.45, 2.75) is 44.2 Å². The van der Waals surface area contributed by atoms with Gasteiger partial charge >= 0.3 is 0 Å². The van der Waals surface area contributed by atoms with E-state index in [0.717, 1.165) is 25.1 Å². The number of halogens is 2. The number of likely N-dealkylation sites (tertiary alicyclic amines) is 2. The average Bonchev–Trinajstić information content (AvgIpc) is 3.10. The van der Waals surface area contributed by atoms with Gasteiger partial charge in [0.25, 0.3) is 0 Å². The molecule has 2 unspecified atom stereocenters. The quantitative estimate of drug-likeness (QED) is 0.881. The molecule has 1 aromatic rings. The highest BCUT2D eigenvalue weighted by Gasteiger charge is 2.31. The smallest absolute Gasteiger partial charge is 0.239 e. The number of carbonyl (C=O) groups is 1. The second kappa shape index (κ2) is 10.2. The van der Waals surface area contributed by atoms with Crippen LogP contribution in [0.2, 0.25) is 0 Å². The number of rotatable bonds is 4. The molecule has 2 aliphatic heterocycles. The standard InChI is InChI=1S/C18H27N3O.2ClH/c19-17(13-15-7-2-1-3-8-15)18(22)21-12-6-9-16(14-21)20-10-4-5-11-20;;/h1-3,7-8,16-17H,4-6,9-14,19H2;2*1H. The molecular formula is C18H29Cl2N3O. The number of benzene rings is 1. The minimum absolute atomic E-state index is 0. The lowest BCUT2D eigenvalue weighted by molar-refractivity contribution is -0.134. The Hall–Kier alpha value is -0.810. The maximum Gasteiger partial charge on any atom is 0.239 e. The van der Waals surface area contributed by atoms with Gasteiger partial charge in [0.15, 0.2) is 0 Å². The van der Waals surface area contributed by atoms with Crippen LogP contribution >= 0.6 is 24.8 Å². The molecule has 2 saturated heterocycles. The maximum absolute atomic E-state index is 12.6. The van der Waals surface area contributed by atoms with E-state index < -0.39 is 6.04 Å². The SMILES string of the molecule is Cl.Cl.NC(Cc1ccccc1)C(=O)N1CCCC(N2CCCC2)C1. The molecular weight excluding hydrogens is 345 g/mol. The van der Waals surface area contributed by atoms with Crippen LogP contribution < -0.4 is 5.73 Å². The van der Waals surface area contributed by atoms with Crippen molar-refractivity contribution in [2.24, 2.45) is 5.73 Å². The summed E-state index contributed by atoms with van der Waals surface area (Å²) in [6.07, 6.45) is 5.56. The van der Waals surface area contributed by atoms with E-state index >= 15 is 0 Å². The number of carbonyl (C=O) groups excluding carboxylic acids is 1. The molecule has 2 heterocycles. The molecule has 2 atom stereocenters. The van der Waals surface area contributed by atoms with Crippen LogP contribution in [0, 0.1) is 0 Å².